The Morgan fingerprint density at radius 3 is 2.33 bits per heavy atom. The molecule has 2 aliphatic heterocycles. The molecular weight excluding hydrogens is 506 g/mol. The maximum absolute atomic E-state index is 12.8. The maximum Gasteiger partial charge on any atom is 0.310 e. The number of carbonyl (C=O) groups is 2. The first-order chi connectivity index (χ1) is 19.4. The average molecular weight is 544 g/mol. The summed E-state index contributed by atoms with van der Waals surface area (Å²) in [6.45, 7) is 4.64. The number of ether oxygens (including phenoxy) is 1. The Morgan fingerprint density at radius 2 is 1.75 bits per heavy atom. The number of carboxylic acid groups (broad SMARTS) is 1. The van der Waals surface area contributed by atoms with E-state index in [1.54, 1.807) is 19.1 Å². The van der Waals surface area contributed by atoms with E-state index >= 15 is 0 Å². The molecular formula is C31H37N5O4. The zero-order valence-corrected chi connectivity index (χ0v) is 23.3. The Hall–Kier alpha value is -3.98. The van der Waals surface area contributed by atoms with Gasteiger partial charge in [-0.3, -0.25) is 9.59 Å². The van der Waals surface area contributed by atoms with Crippen LogP contribution in [0.5, 0.6) is 5.75 Å². The second kappa shape index (κ2) is 12.0. The molecule has 0 spiro atoms. The number of rotatable bonds is 9. The van der Waals surface area contributed by atoms with E-state index in [0.717, 1.165) is 48.5 Å². The van der Waals surface area contributed by atoms with Crippen LogP contribution in [0.15, 0.2) is 54.9 Å². The molecule has 0 saturated carbocycles. The molecule has 0 bridgehead atoms. The SMILES string of the molecule is CNC(Cc1ccc(-c2ncc(N3CCC(c4ccc(OC)cc4C)CC3)cn2)cc1)C(=O)N1CC(C(=O)O)C1. The first kappa shape index (κ1) is 27.6. The van der Waals surface area contributed by atoms with E-state index in [1.807, 2.05) is 36.7 Å². The molecule has 0 radical (unpaired) electrons. The summed E-state index contributed by atoms with van der Waals surface area (Å²) in [5, 5.41) is 12.1. The molecule has 9 nitrogen and oxygen atoms in total. The molecule has 1 atom stereocenters. The fourth-order valence-electron chi connectivity index (χ4n) is 5.69. The molecule has 3 aromatic rings. The van der Waals surface area contributed by atoms with Crippen molar-refractivity contribution >= 4 is 17.6 Å². The fourth-order valence-corrected chi connectivity index (χ4v) is 5.69. The maximum atomic E-state index is 12.8. The van der Waals surface area contributed by atoms with Gasteiger partial charge in [-0.1, -0.05) is 30.3 Å². The van der Waals surface area contributed by atoms with Crippen LogP contribution in [-0.4, -0.2) is 78.2 Å². The van der Waals surface area contributed by atoms with Gasteiger partial charge in [-0.05, 0) is 68.0 Å². The lowest BCUT2D eigenvalue weighted by Crippen LogP contribution is -2.58. The number of hydrogen-bond donors (Lipinski definition) is 2. The van der Waals surface area contributed by atoms with E-state index in [4.69, 9.17) is 9.84 Å². The van der Waals surface area contributed by atoms with Crippen molar-refractivity contribution in [2.45, 2.75) is 38.1 Å². The van der Waals surface area contributed by atoms with Crippen LogP contribution < -0.4 is 15.0 Å². The lowest BCUT2D eigenvalue weighted by molar-refractivity contribution is -0.153. The Bertz CT molecular complexity index is 1330. The first-order valence-electron chi connectivity index (χ1n) is 13.9. The van der Waals surface area contributed by atoms with E-state index < -0.39 is 17.9 Å². The van der Waals surface area contributed by atoms with Crippen LogP contribution in [0.4, 0.5) is 5.69 Å². The molecule has 1 unspecified atom stereocenters. The normalized spacial score (nSPS) is 16.9. The number of aromatic nitrogens is 2. The van der Waals surface area contributed by atoms with Crippen molar-refractivity contribution in [1.29, 1.82) is 0 Å². The minimum absolute atomic E-state index is 0.0637. The van der Waals surface area contributed by atoms with Gasteiger partial charge in [0, 0.05) is 31.7 Å². The van der Waals surface area contributed by atoms with Gasteiger partial charge < -0.3 is 25.0 Å². The van der Waals surface area contributed by atoms with Crippen LogP contribution in [-0.2, 0) is 16.0 Å². The monoisotopic (exact) mass is 543 g/mol. The number of carboxylic acids is 1. The second-order valence-electron chi connectivity index (χ2n) is 10.8. The third-order valence-corrected chi connectivity index (χ3v) is 8.26. The van der Waals surface area contributed by atoms with Crippen LogP contribution >= 0.6 is 0 Å². The molecule has 1 aromatic heterocycles. The number of nitrogens with zero attached hydrogens (tertiary/aromatic N) is 4. The van der Waals surface area contributed by atoms with Crippen molar-refractivity contribution in [3.8, 4) is 17.1 Å². The summed E-state index contributed by atoms with van der Waals surface area (Å²) in [4.78, 5) is 37.0. The number of amides is 1. The van der Waals surface area contributed by atoms with Gasteiger partial charge in [0.1, 0.15) is 5.75 Å². The molecule has 40 heavy (non-hydrogen) atoms. The highest BCUT2D eigenvalue weighted by molar-refractivity contribution is 5.85. The van der Waals surface area contributed by atoms with E-state index in [9.17, 15) is 9.59 Å². The molecule has 9 heteroatoms. The molecule has 2 aliphatic rings. The van der Waals surface area contributed by atoms with E-state index in [-0.39, 0.29) is 19.0 Å². The van der Waals surface area contributed by atoms with Crippen molar-refractivity contribution in [2.75, 3.05) is 45.2 Å². The number of carbonyl (C=O) groups excluding carboxylic acids is 1. The fraction of sp³-hybridized carbons (Fsp3) is 0.419. The molecule has 2 aromatic carbocycles. The van der Waals surface area contributed by atoms with Gasteiger partial charge in [-0.2, -0.15) is 0 Å². The van der Waals surface area contributed by atoms with Crippen molar-refractivity contribution in [1.82, 2.24) is 20.2 Å². The van der Waals surface area contributed by atoms with Gasteiger partial charge >= 0.3 is 5.97 Å². The first-order valence-corrected chi connectivity index (χ1v) is 13.9. The lowest BCUT2D eigenvalue weighted by Gasteiger charge is -2.38. The van der Waals surface area contributed by atoms with Crippen LogP contribution in [0.3, 0.4) is 0 Å². The number of piperidine rings is 1. The number of aliphatic carboxylic acids is 1. The van der Waals surface area contributed by atoms with Crippen molar-refractivity contribution in [3.05, 3.63) is 71.5 Å². The van der Waals surface area contributed by atoms with Crippen LogP contribution in [0.1, 0.15) is 35.4 Å². The molecule has 1 amide bonds. The highest BCUT2D eigenvalue weighted by Crippen LogP contribution is 2.33. The highest BCUT2D eigenvalue weighted by atomic mass is 16.5. The summed E-state index contributed by atoms with van der Waals surface area (Å²) < 4.78 is 5.36. The third-order valence-electron chi connectivity index (χ3n) is 8.26. The van der Waals surface area contributed by atoms with Crippen molar-refractivity contribution in [2.24, 2.45) is 5.92 Å². The number of likely N-dealkylation sites (N-methyl/N-ethyl adjacent to an activating group) is 1. The predicted molar refractivity (Wildman–Crippen MR) is 154 cm³/mol. The summed E-state index contributed by atoms with van der Waals surface area (Å²) in [7, 11) is 3.46. The van der Waals surface area contributed by atoms with Crippen LogP contribution in [0, 0.1) is 12.8 Å². The van der Waals surface area contributed by atoms with Crippen molar-refractivity contribution < 1.29 is 19.4 Å². The van der Waals surface area contributed by atoms with E-state index in [1.165, 1.54) is 11.1 Å². The molecule has 3 heterocycles. The van der Waals surface area contributed by atoms with Gasteiger partial charge in [0.05, 0.1) is 37.2 Å². The number of likely N-dealkylation sites (tertiary alicyclic amines) is 1. The van der Waals surface area contributed by atoms with Crippen LogP contribution in [0.2, 0.25) is 0 Å². The number of benzene rings is 2. The zero-order chi connectivity index (χ0) is 28.2. The molecule has 210 valence electrons. The number of hydrogen-bond acceptors (Lipinski definition) is 7. The van der Waals surface area contributed by atoms with Gasteiger partial charge in [0.15, 0.2) is 5.82 Å². The number of methoxy groups -OCH3 is 1. The van der Waals surface area contributed by atoms with Gasteiger partial charge in [-0.25, -0.2) is 9.97 Å². The second-order valence-corrected chi connectivity index (χ2v) is 10.8. The molecule has 2 fully saturated rings. The third kappa shape index (κ3) is 5.94. The zero-order valence-electron chi connectivity index (χ0n) is 23.3. The Labute approximate surface area is 235 Å². The number of anilines is 1. The molecule has 0 aliphatic carbocycles. The quantitative estimate of drug-likeness (QED) is 0.422. The molecule has 5 rings (SSSR count). The molecule has 2 saturated heterocycles. The summed E-state index contributed by atoms with van der Waals surface area (Å²) in [6, 6.07) is 13.9. The highest BCUT2D eigenvalue weighted by Gasteiger charge is 2.37. The number of aryl methyl sites for hydroxylation is 1. The standard InChI is InChI=1S/C31H37N5O4/c1-20-14-26(40-3)8-9-27(20)22-10-12-35(13-11-22)25-16-33-29(34-17-25)23-6-4-21(5-7-23)15-28(32-2)30(37)36-18-24(19-36)31(38)39/h4-9,14,16-17,22,24,28,32H,10-13,15,18-19H2,1-3H3,(H,38,39). The topological polar surface area (TPSA) is 108 Å². The van der Waals surface area contributed by atoms with E-state index in [2.05, 4.69) is 45.3 Å². The lowest BCUT2D eigenvalue weighted by atomic mass is 9.86. The smallest absolute Gasteiger partial charge is 0.310 e. The summed E-state index contributed by atoms with van der Waals surface area (Å²) in [5.74, 6) is 0.753. The average Bonchev–Trinajstić information content (AvgIpc) is 2.95. The minimum Gasteiger partial charge on any atom is -0.497 e. The Balaban J connectivity index is 1.15. The van der Waals surface area contributed by atoms with Crippen LogP contribution in [0.25, 0.3) is 11.4 Å². The summed E-state index contributed by atoms with van der Waals surface area (Å²) >= 11 is 0. The summed E-state index contributed by atoms with van der Waals surface area (Å²) in [5.41, 5.74) is 5.67. The van der Waals surface area contributed by atoms with E-state index in [0.29, 0.717) is 18.2 Å². The minimum atomic E-state index is -0.847. The van der Waals surface area contributed by atoms with Gasteiger partial charge in [0.25, 0.3) is 0 Å². The van der Waals surface area contributed by atoms with Gasteiger partial charge in [0.2, 0.25) is 5.91 Å². The molecule has 2 N–H and O–H groups in total. The van der Waals surface area contributed by atoms with Gasteiger partial charge in [-0.15, -0.1) is 0 Å². The Morgan fingerprint density at radius 1 is 1.07 bits per heavy atom. The summed E-state index contributed by atoms with van der Waals surface area (Å²) in [6.07, 6.45) is 6.51. The van der Waals surface area contributed by atoms with Crippen molar-refractivity contribution in [3.63, 3.8) is 0 Å². The largest absolute Gasteiger partial charge is 0.497 e. The Kier molecular flexibility index (Phi) is 8.30. The number of nitrogens with one attached hydrogen (secondary N) is 1. The predicted octanol–water partition coefficient (Wildman–Crippen LogP) is 3.52.